The molecule has 1 fully saturated rings. The number of hydrogen-bond acceptors (Lipinski definition) is 0. The van der Waals surface area contributed by atoms with Crippen LogP contribution in [-0.4, -0.2) is 4.57 Å². The maximum atomic E-state index is 2.40. The highest BCUT2D eigenvalue weighted by atomic mass is 15.0. The minimum absolute atomic E-state index is 0.851. The molecule has 1 nitrogen and oxygen atoms in total. The summed E-state index contributed by atoms with van der Waals surface area (Å²) in [6.45, 7) is 3.35. The number of aryl methyl sites for hydroxylation is 1. The van der Waals surface area contributed by atoms with Crippen molar-refractivity contribution >= 4 is 0 Å². The summed E-state index contributed by atoms with van der Waals surface area (Å²) in [4.78, 5) is 0. The molecule has 1 aromatic rings. The van der Waals surface area contributed by atoms with Crippen molar-refractivity contribution in [1.82, 2.24) is 4.57 Å². The van der Waals surface area contributed by atoms with E-state index in [0.29, 0.717) is 0 Å². The Balaban J connectivity index is 2.13. The number of rotatable bonds is 2. The molecule has 1 aliphatic rings. The highest BCUT2D eigenvalue weighted by molar-refractivity contribution is 5.13. The Morgan fingerprint density at radius 1 is 1.31 bits per heavy atom. The fourth-order valence-corrected chi connectivity index (χ4v) is 2.48. The molecule has 0 atom stereocenters. The molecule has 1 heterocycles. The molecule has 0 unspecified atom stereocenters. The van der Waals surface area contributed by atoms with E-state index in [9.17, 15) is 0 Å². The van der Waals surface area contributed by atoms with Gasteiger partial charge in [0.15, 0.2) is 0 Å². The first-order valence-corrected chi connectivity index (χ1v) is 5.57. The molecule has 1 heteroatoms. The zero-order chi connectivity index (χ0) is 9.10. The smallest absolute Gasteiger partial charge is 0.0205 e. The Morgan fingerprint density at radius 3 is 2.77 bits per heavy atom. The predicted octanol–water partition coefficient (Wildman–Crippen LogP) is 3.56. The SMILES string of the molecule is CCn1cccc1C1CCCCC1. The van der Waals surface area contributed by atoms with Crippen molar-refractivity contribution < 1.29 is 0 Å². The van der Waals surface area contributed by atoms with E-state index < -0.39 is 0 Å². The summed E-state index contributed by atoms with van der Waals surface area (Å²) in [6, 6.07) is 4.49. The number of hydrogen-bond donors (Lipinski definition) is 0. The lowest BCUT2D eigenvalue weighted by Gasteiger charge is -2.22. The highest BCUT2D eigenvalue weighted by Crippen LogP contribution is 2.32. The minimum atomic E-state index is 0.851. The Kier molecular flexibility index (Phi) is 2.72. The van der Waals surface area contributed by atoms with Crippen molar-refractivity contribution in [3.63, 3.8) is 0 Å². The lowest BCUT2D eigenvalue weighted by atomic mass is 9.87. The van der Waals surface area contributed by atoms with Crippen LogP contribution in [-0.2, 0) is 6.54 Å². The summed E-state index contributed by atoms with van der Waals surface area (Å²) >= 11 is 0. The molecule has 0 aliphatic heterocycles. The normalized spacial score (nSPS) is 19.2. The molecule has 0 spiro atoms. The Bertz CT molecular complexity index is 256. The first-order chi connectivity index (χ1) is 6.42. The summed E-state index contributed by atoms with van der Waals surface area (Å²) in [6.07, 6.45) is 9.33. The largest absolute Gasteiger partial charge is 0.351 e. The first-order valence-electron chi connectivity index (χ1n) is 5.57. The summed E-state index contributed by atoms with van der Waals surface area (Å²) < 4.78 is 2.40. The average molecular weight is 177 g/mol. The molecule has 1 aromatic heterocycles. The highest BCUT2D eigenvalue weighted by Gasteiger charge is 2.17. The Hall–Kier alpha value is -0.720. The summed E-state index contributed by atoms with van der Waals surface area (Å²) in [5, 5.41) is 0. The minimum Gasteiger partial charge on any atom is -0.351 e. The van der Waals surface area contributed by atoms with Crippen molar-refractivity contribution in [2.24, 2.45) is 0 Å². The van der Waals surface area contributed by atoms with Crippen LogP contribution < -0.4 is 0 Å². The van der Waals surface area contributed by atoms with Gasteiger partial charge in [-0.1, -0.05) is 19.3 Å². The molecule has 0 saturated heterocycles. The van der Waals surface area contributed by atoms with Gasteiger partial charge >= 0.3 is 0 Å². The Labute approximate surface area is 80.8 Å². The Morgan fingerprint density at radius 2 is 2.08 bits per heavy atom. The lowest BCUT2D eigenvalue weighted by Crippen LogP contribution is -2.09. The van der Waals surface area contributed by atoms with Gasteiger partial charge in [-0.05, 0) is 37.8 Å². The van der Waals surface area contributed by atoms with E-state index in [1.54, 1.807) is 5.69 Å². The van der Waals surface area contributed by atoms with Crippen LogP contribution in [0.2, 0.25) is 0 Å². The third-order valence-corrected chi connectivity index (χ3v) is 3.23. The van der Waals surface area contributed by atoms with Gasteiger partial charge in [0.2, 0.25) is 0 Å². The number of aromatic nitrogens is 1. The van der Waals surface area contributed by atoms with E-state index in [-0.39, 0.29) is 0 Å². The van der Waals surface area contributed by atoms with Crippen LogP contribution in [0.3, 0.4) is 0 Å². The van der Waals surface area contributed by atoms with E-state index in [0.717, 1.165) is 12.5 Å². The van der Waals surface area contributed by atoms with Crippen LogP contribution in [0.5, 0.6) is 0 Å². The summed E-state index contributed by atoms with van der Waals surface area (Å²) in [7, 11) is 0. The second-order valence-corrected chi connectivity index (χ2v) is 4.05. The fraction of sp³-hybridized carbons (Fsp3) is 0.667. The molecular weight excluding hydrogens is 158 g/mol. The van der Waals surface area contributed by atoms with Gasteiger partial charge in [-0.15, -0.1) is 0 Å². The van der Waals surface area contributed by atoms with E-state index in [1.165, 1.54) is 32.1 Å². The quantitative estimate of drug-likeness (QED) is 0.651. The first kappa shape index (κ1) is 8.86. The van der Waals surface area contributed by atoms with Gasteiger partial charge in [0.05, 0.1) is 0 Å². The van der Waals surface area contributed by atoms with Gasteiger partial charge in [-0.2, -0.15) is 0 Å². The molecule has 13 heavy (non-hydrogen) atoms. The molecule has 0 radical (unpaired) electrons. The standard InChI is InChI=1S/C12H19N/c1-2-13-10-6-9-12(13)11-7-4-3-5-8-11/h6,9-11H,2-5,7-8H2,1H3. The number of nitrogens with zero attached hydrogens (tertiary/aromatic N) is 1. The van der Waals surface area contributed by atoms with E-state index in [2.05, 4.69) is 29.8 Å². The molecule has 72 valence electrons. The molecule has 0 amide bonds. The predicted molar refractivity (Wildman–Crippen MR) is 55.9 cm³/mol. The van der Waals surface area contributed by atoms with Crippen LogP contribution in [0.15, 0.2) is 18.3 Å². The van der Waals surface area contributed by atoms with E-state index in [1.807, 2.05) is 0 Å². The molecule has 0 N–H and O–H groups in total. The van der Waals surface area contributed by atoms with Crippen LogP contribution in [0.1, 0.15) is 50.6 Å². The zero-order valence-corrected chi connectivity index (χ0v) is 8.50. The lowest BCUT2D eigenvalue weighted by molar-refractivity contribution is 0.425. The van der Waals surface area contributed by atoms with Crippen LogP contribution in [0.4, 0.5) is 0 Å². The third kappa shape index (κ3) is 1.79. The van der Waals surface area contributed by atoms with Gasteiger partial charge < -0.3 is 4.57 Å². The molecule has 1 saturated carbocycles. The van der Waals surface area contributed by atoms with Crippen LogP contribution in [0, 0.1) is 0 Å². The van der Waals surface area contributed by atoms with E-state index >= 15 is 0 Å². The molecule has 0 aromatic carbocycles. The maximum absolute atomic E-state index is 2.40. The van der Waals surface area contributed by atoms with Gasteiger partial charge in [0.1, 0.15) is 0 Å². The van der Waals surface area contributed by atoms with Crippen LogP contribution >= 0.6 is 0 Å². The van der Waals surface area contributed by atoms with Crippen molar-refractivity contribution in [2.75, 3.05) is 0 Å². The maximum Gasteiger partial charge on any atom is 0.0205 e. The summed E-state index contributed by atoms with van der Waals surface area (Å²) in [5.41, 5.74) is 1.57. The van der Waals surface area contributed by atoms with Gasteiger partial charge in [0, 0.05) is 18.4 Å². The third-order valence-electron chi connectivity index (χ3n) is 3.23. The molecular formula is C12H19N. The van der Waals surface area contributed by atoms with Crippen molar-refractivity contribution in [1.29, 1.82) is 0 Å². The van der Waals surface area contributed by atoms with Crippen molar-refractivity contribution in [3.8, 4) is 0 Å². The van der Waals surface area contributed by atoms with Crippen molar-refractivity contribution in [2.45, 2.75) is 51.5 Å². The zero-order valence-electron chi connectivity index (χ0n) is 8.50. The molecule has 1 aliphatic carbocycles. The van der Waals surface area contributed by atoms with E-state index in [4.69, 9.17) is 0 Å². The average Bonchev–Trinajstić information content (AvgIpc) is 2.67. The topological polar surface area (TPSA) is 4.93 Å². The van der Waals surface area contributed by atoms with Gasteiger partial charge in [-0.25, -0.2) is 0 Å². The summed E-state index contributed by atoms with van der Waals surface area (Å²) in [5.74, 6) is 0.851. The van der Waals surface area contributed by atoms with Crippen LogP contribution in [0.25, 0.3) is 0 Å². The van der Waals surface area contributed by atoms with Gasteiger partial charge in [-0.3, -0.25) is 0 Å². The molecule has 0 bridgehead atoms. The second kappa shape index (κ2) is 3.99. The fourth-order valence-electron chi connectivity index (χ4n) is 2.48. The van der Waals surface area contributed by atoms with Crippen molar-refractivity contribution in [3.05, 3.63) is 24.0 Å². The molecule has 2 rings (SSSR count). The monoisotopic (exact) mass is 177 g/mol. The second-order valence-electron chi connectivity index (χ2n) is 4.05. The van der Waals surface area contributed by atoms with Gasteiger partial charge in [0.25, 0.3) is 0 Å².